The van der Waals surface area contributed by atoms with Crippen LogP contribution in [0.4, 0.5) is 0 Å². The summed E-state index contributed by atoms with van der Waals surface area (Å²) in [6.07, 6.45) is 9.95. The highest BCUT2D eigenvalue weighted by molar-refractivity contribution is 5.85. The minimum Gasteiger partial charge on any atom is -0.362 e. The van der Waals surface area contributed by atoms with Gasteiger partial charge in [0, 0.05) is 26.0 Å². The lowest BCUT2D eigenvalue weighted by molar-refractivity contribution is 0.292. The van der Waals surface area contributed by atoms with Crippen LogP contribution in [-0.2, 0) is 0 Å². The lowest BCUT2D eigenvalue weighted by Crippen LogP contribution is -2.23. The van der Waals surface area contributed by atoms with Crippen molar-refractivity contribution in [2.24, 2.45) is 0 Å². The van der Waals surface area contributed by atoms with E-state index in [-0.39, 0.29) is 12.4 Å². The Morgan fingerprint density at radius 2 is 2.15 bits per heavy atom. The van der Waals surface area contributed by atoms with Gasteiger partial charge < -0.3 is 9.80 Å². The third-order valence-electron chi connectivity index (χ3n) is 2.04. The highest BCUT2D eigenvalue weighted by Crippen LogP contribution is 2.06. The summed E-state index contributed by atoms with van der Waals surface area (Å²) >= 11 is 0. The van der Waals surface area contributed by atoms with Crippen molar-refractivity contribution in [3.63, 3.8) is 0 Å². The second kappa shape index (κ2) is 6.84. The highest BCUT2D eigenvalue weighted by atomic mass is 35.5. The van der Waals surface area contributed by atoms with Gasteiger partial charge >= 0.3 is 0 Å². The zero-order valence-electron chi connectivity index (χ0n) is 8.28. The van der Waals surface area contributed by atoms with E-state index in [0.29, 0.717) is 0 Å². The minimum absolute atomic E-state index is 0. The summed E-state index contributed by atoms with van der Waals surface area (Å²) in [7, 11) is 2.10. The molecule has 1 heterocycles. The van der Waals surface area contributed by atoms with Gasteiger partial charge in [-0.05, 0) is 19.3 Å². The second-order valence-corrected chi connectivity index (χ2v) is 3.29. The van der Waals surface area contributed by atoms with E-state index in [1.807, 2.05) is 6.08 Å². The molecular weight excluding hydrogens is 184 g/mol. The van der Waals surface area contributed by atoms with Gasteiger partial charge in [-0.25, -0.2) is 0 Å². The summed E-state index contributed by atoms with van der Waals surface area (Å²) < 4.78 is 0. The van der Waals surface area contributed by atoms with Crippen LogP contribution in [0, 0.1) is 0 Å². The first kappa shape index (κ1) is 12.4. The molecule has 1 rings (SSSR count). The fourth-order valence-corrected chi connectivity index (χ4v) is 1.34. The molecule has 0 atom stereocenters. The molecule has 0 saturated carbocycles. The molecule has 0 aliphatic carbocycles. The Morgan fingerprint density at radius 1 is 1.38 bits per heavy atom. The van der Waals surface area contributed by atoms with Crippen LogP contribution in [0.3, 0.4) is 0 Å². The number of hydrogen-bond acceptors (Lipinski definition) is 2. The smallest absolute Gasteiger partial charge is 0.0890 e. The monoisotopic (exact) mass is 202 g/mol. The van der Waals surface area contributed by atoms with Gasteiger partial charge in [0.05, 0.1) is 6.67 Å². The van der Waals surface area contributed by atoms with Crippen molar-refractivity contribution in [1.82, 2.24) is 9.80 Å². The van der Waals surface area contributed by atoms with Crippen molar-refractivity contribution in [2.75, 3.05) is 20.3 Å². The topological polar surface area (TPSA) is 6.48 Å². The molecule has 0 fully saturated rings. The van der Waals surface area contributed by atoms with Crippen molar-refractivity contribution < 1.29 is 0 Å². The van der Waals surface area contributed by atoms with Gasteiger partial charge in [-0.3, -0.25) is 0 Å². The van der Waals surface area contributed by atoms with Gasteiger partial charge in [-0.1, -0.05) is 6.08 Å². The van der Waals surface area contributed by atoms with E-state index in [1.165, 1.54) is 19.4 Å². The Kier molecular flexibility index (Phi) is 6.51. The average Bonchev–Trinajstić information content (AvgIpc) is 2.45. The third-order valence-corrected chi connectivity index (χ3v) is 2.04. The average molecular weight is 203 g/mol. The number of rotatable bonds is 5. The standard InChI is InChI=1S/C10H18N2.ClH/c1-3-4-5-6-7-12-9-8-11(2)10-12;/h3,8-9H,1,4-7,10H2,2H3;1H. The molecule has 3 heteroatoms. The van der Waals surface area contributed by atoms with Crippen LogP contribution in [0.25, 0.3) is 0 Å². The van der Waals surface area contributed by atoms with E-state index >= 15 is 0 Å². The van der Waals surface area contributed by atoms with Crippen LogP contribution >= 0.6 is 12.4 Å². The molecule has 0 aromatic rings. The summed E-state index contributed by atoms with van der Waals surface area (Å²) in [4.78, 5) is 4.52. The van der Waals surface area contributed by atoms with E-state index in [0.717, 1.165) is 13.1 Å². The van der Waals surface area contributed by atoms with Gasteiger partial charge in [-0.2, -0.15) is 0 Å². The Balaban J connectivity index is 0.00000144. The van der Waals surface area contributed by atoms with Crippen LogP contribution in [0.1, 0.15) is 19.3 Å². The lowest BCUT2D eigenvalue weighted by atomic mass is 10.2. The minimum atomic E-state index is 0. The molecule has 1 aliphatic rings. The highest BCUT2D eigenvalue weighted by Gasteiger charge is 2.06. The SMILES string of the molecule is C=CCCCCN1C=CN(C)C1.Cl. The second-order valence-electron chi connectivity index (χ2n) is 3.29. The molecule has 0 N–H and O–H groups in total. The Bertz CT molecular complexity index is 168. The predicted molar refractivity (Wildman–Crippen MR) is 59.8 cm³/mol. The molecular formula is C10H19ClN2. The summed E-state index contributed by atoms with van der Waals surface area (Å²) in [5.41, 5.74) is 0. The van der Waals surface area contributed by atoms with E-state index < -0.39 is 0 Å². The Labute approximate surface area is 87.3 Å². The van der Waals surface area contributed by atoms with Gasteiger partial charge in [0.2, 0.25) is 0 Å². The zero-order chi connectivity index (χ0) is 8.81. The number of halogens is 1. The molecule has 0 spiro atoms. The zero-order valence-corrected chi connectivity index (χ0v) is 9.09. The molecule has 2 nitrogen and oxygen atoms in total. The number of hydrogen-bond donors (Lipinski definition) is 0. The first-order chi connectivity index (χ1) is 5.83. The van der Waals surface area contributed by atoms with E-state index in [1.54, 1.807) is 0 Å². The fraction of sp³-hybridized carbons (Fsp3) is 0.600. The van der Waals surface area contributed by atoms with E-state index in [9.17, 15) is 0 Å². The molecule has 0 bridgehead atoms. The van der Waals surface area contributed by atoms with Gasteiger partial charge in [0.1, 0.15) is 0 Å². The third kappa shape index (κ3) is 4.83. The van der Waals surface area contributed by atoms with Crippen LogP contribution in [0.15, 0.2) is 25.1 Å². The fourth-order valence-electron chi connectivity index (χ4n) is 1.34. The molecule has 1 aliphatic heterocycles. The number of nitrogens with zero attached hydrogens (tertiary/aromatic N) is 2. The van der Waals surface area contributed by atoms with E-state index in [4.69, 9.17) is 0 Å². The molecule has 0 radical (unpaired) electrons. The summed E-state index contributed by atoms with van der Waals surface area (Å²) in [6.45, 7) is 5.93. The molecule has 0 saturated heterocycles. The van der Waals surface area contributed by atoms with Gasteiger partial charge in [-0.15, -0.1) is 19.0 Å². The lowest BCUT2D eigenvalue weighted by Gasteiger charge is -2.17. The summed E-state index contributed by atoms with van der Waals surface area (Å²) in [5.74, 6) is 0. The van der Waals surface area contributed by atoms with Gasteiger partial charge in [0.15, 0.2) is 0 Å². The molecule has 0 amide bonds. The van der Waals surface area contributed by atoms with Crippen molar-refractivity contribution in [2.45, 2.75) is 19.3 Å². The molecule has 0 aromatic heterocycles. The largest absolute Gasteiger partial charge is 0.362 e. The van der Waals surface area contributed by atoms with E-state index in [2.05, 4.69) is 35.8 Å². The quantitative estimate of drug-likeness (QED) is 0.499. The van der Waals surface area contributed by atoms with Crippen molar-refractivity contribution in [3.8, 4) is 0 Å². The molecule has 0 unspecified atom stereocenters. The van der Waals surface area contributed by atoms with Crippen LogP contribution in [0.5, 0.6) is 0 Å². The van der Waals surface area contributed by atoms with Crippen LogP contribution in [0.2, 0.25) is 0 Å². The summed E-state index contributed by atoms with van der Waals surface area (Å²) in [6, 6.07) is 0. The first-order valence-corrected chi connectivity index (χ1v) is 4.56. The maximum absolute atomic E-state index is 3.71. The van der Waals surface area contributed by atoms with Crippen LogP contribution in [-0.4, -0.2) is 30.1 Å². The first-order valence-electron chi connectivity index (χ1n) is 4.56. The van der Waals surface area contributed by atoms with Crippen molar-refractivity contribution >= 4 is 12.4 Å². The molecule has 76 valence electrons. The maximum atomic E-state index is 3.71. The Morgan fingerprint density at radius 3 is 2.69 bits per heavy atom. The molecule has 0 aromatic carbocycles. The van der Waals surface area contributed by atoms with Crippen molar-refractivity contribution in [3.05, 3.63) is 25.1 Å². The Hall–Kier alpha value is -0.630. The summed E-state index contributed by atoms with van der Waals surface area (Å²) in [5, 5.41) is 0. The van der Waals surface area contributed by atoms with Gasteiger partial charge in [0.25, 0.3) is 0 Å². The van der Waals surface area contributed by atoms with Crippen molar-refractivity contribution in [1.29, 1.82) is 0 Å². The number of allylic oxidation sites excluding steroid dienone is 1. The van der Waals surface area contributed by atoms with Crippen LogP contribution < -0.4 is 0 Å². The molecule has 13 heavy (non-hydrogen) atoms. The predicted octanol–water partition coefficient (Wildman–Crippen LogP) is 2.44. The normalized spacial score (nSPS) is 14.5. The number of unbranched alkanes of at least 4 members (excludes halogenated alkanes) is 2. The maximum Gasteiger partial charge on any atom is 0.0890 e.